The van der Waals surface area contributed by atoms with Gasteiger partial charge in [-0.05, 0) is 92.3 Å². The van der Waals surface area contributed by atoms with Gasteiger partial charge in [0.25, 0.3) is 0 Å². The van der Waals surface area contributed by atoms with Crippen molar-refractivity contribution >= 4 is 109 Å². The van der Waals surface area contributed by atoms with Crippen molar-refractivity contribution in [1.82, 2.24) is 24.1 Å². The van der Waals surface area contributed by atoms with E-state index >= 15 is 0 Å². The zero-order valence-electron chi connectivity index (χ0n) is 39.2. The molecule has 6 heteroatoms. The second-order valence-electron chi connectivity index (χ2n) is 19.1. The first-order valence-electron chi connectivity index (χ1n) is 24.8. The van der Waals surface area contributed by atoms with Gasteiger partial charge in [-0.3, -0.25) is 0 Å². The highest BCUT2D eigenvalue weighted by Crippen LogP contribution is 2.49. The van der Waals surface area contributed by atoms with Gasteiger partial charge in [-0.1, -0.05) is 182 Å². The Kier molecular flexibility index (Phi) is 8.36. The van der Waals surface area contributed by atoms with E-state index in [4.69, 9.17) is 19.4 Å². The molecule has 0 unspecified atom stereocenters. The van der Waals surface area contributed by atoms with Gasteiger partial charge in [0.15, 0.2) is 17.5 Å². The van der Waals surface area contributed by atoms with Crippen LogP contribution < -0.4 is 0 Å². The first kappa shape index (κ1) is 39.9. The smallest absolute Gasteiger partial charge is 0.166 e. The third-order valence-electron chi connectivity index (χ3n) is 15.1. The second-order valence-corrected chi connectivity index (χ2v) is 19.1. The lowest BCUT2D eigenvalue weighted by molar-refractivity contribution is 0.672. The van der Waals surface area contributed by atoms with E-state index in [1.54, 1.807) is 0 Å². The van der Waals surface area contributed by atoms with Gasteiger partial charge in [0, 0.05) is 49.1 Å². The molecule has 4 aromatic heterocycles. The first-order valence-corrected chi connectivity index (χ1v) is 24.8. The summed E-state index contributed by atoms with van der Waals surface area (Å²) in [7, 11) is 0. The van der Waals surface area contributed by atoms with Crippen molar-refractivity contribution in [2.75, 3.05) is 0 Å². The number of hydrogen-bond acceptors (Lipinski definition) is 4. The minimum absolute atomic E-state index is 0.562. The van der Waals surface area contributed by atoms with E-state index in [0.717, 1.165) is 110 Å². The van der Waals surface area contributed by atoms with E-state index in [-0.39, 0.29) is 0 Å². The van der Waals surface area contributed by atoms with E-state index in [1.807, 2.05) is 0 Å². The highest BCUT2D eigenvalue weighted by Gasteiger charge is 2.29. The lowest BCUT2D eigenvalue weighted by Gasteiger charge is -2.19. The molecule has 0 saturated heterocycles. The molecule has 16 aromatic rings. The molecular formula is C67H39N5O. The van der Waals surface area contributed by atoms with E-state index in [1.165, 1.54) is 26.9 Å². The Morgan fingerprint density at radius 2 is 0.918 bits per heavy atom. The summed E-state index contributed by atoms with van der Waals surface area (Å²) < 4.78 is 11.9. The van der Waals surface area contributed by atoms with Crippen LogP contribution in [0.4, 0.5) is 0 Å². The van der Waals surface area contributed by atoms with Crippen molar-refractivity contribution in [1.29, 1.82) is 0 Å². The minimum atomic E-state index is 0.562. The minimum Gasteiger partial charge on any atom is -0.455 e. The average Bonchev–Trinajstić information content (AvgIpc) is 4.15. The molecule has 0 aliphatic rings. The summed E-state index contributed by atoms with van der Waals surface area (Å²) in [5, 5.41) is 15.5. The van der Waals surface area contributed by atoms with Gasteiger partial charge in [-0.15, -0.1) is 0 Å². The summed E-state index contributed by atoms with van der Waals surface area (Å²) in [5.41, 5.74) is 10.7. The van der Waals surface area contributed by atoms with Gasteiger partial charge >= 0.3 is 0 Å². The van der Waals surface area contributed by atoms with Crippen LogP contribution in [0, 0.1) is 0 Å². The molecule has 0 amide bonds. The Labute approximate surface area is 417 Å². The molecule has 4 heterocycles. The van der Waals surface area contributed by atoms with Gasteiger partial charge in [0.1, 0.15) is 11.2 Å². The summed E-state index contributed by atoms with van der Waals surface area (Å²) in [6.07, 6.45) is 0. The molecule has 0 saturated carbocycles. The maximum absolute atomic E-state index is 7.05. The van der Waals surface area contributed by atoms with E-state index in [9.17, 15) is 0 Å². The fourth-order valence-electron chi connectivity index (χ4n) is 11.9. The van der Waals surface area contributed by atoms with Crippen LogP contribution in [-0.4, -0.2) is 24.1 Å². The molecule has 0 aliphatic carbocycles. The van der Waals surface area contributed by atoms with Gasteiger partial charge in [-0.25, -0.2) is 15.0 Å². The van der Waals surface area contributed by atoms with Gasteiger partial charge in [0.2, 0.25) is 0 Å². The van der Waals surface area contributed by atoms with Crippen LogP contribution in [0.15, 0.2) is 241 Å². The maximum Gasteiger partial charge on any atom is 0.166 e. The molecule has 0 N–H and O–H groups in total. The normalized spacial score (nSPS) is 12.1. The predicted octanol–water partition coefficient (Wildman–Crippen LogP) is 17.6. The fourth-order valence-corrected chi connectivity index (χ4v) is 11.9. The molecule has 12 aromatic carbocycles. The number of fused-ring (bicyclic) bond motifs is 15. The first-order chi connectivity index (χ1) is 36.2. The number of aromatic nitrogens is 5. The molecule has 0 aliphatic heterocycles. The van der Waals surface area contributed by atoms with Crippen molar-refractivity contribution in [2.45, 2.75) is 0 Å². The number of benzene rings is 12. The zero-order valence-corrected chi connectivity index (χ0v) is 39.2. The van der Waals surface area contributed by atoms with Gasteiger partial charge in [0.05, 0.1) is 38.7 Å². The second kappa shape index (κ2) is 15.3. The maximum atomic E-state index is 7.05. The van der Waals surface area contributed by atoms with Crippen LogP contribution in [0.1, 0.15) is 0 Å². The van der Waals surface area contributed by atoms with Crippen LogP contribution in [0.2, 0.25) is 0 Å². The summed E-state index contributed by atoms with van der Waals surface area (Å²) >= 11 is 0. The van der Waals surface area contributed by atoms with Crippen molar-refractivity contribution in [2.24, 2.45) is 0 Å². The summed E-state index contributed by atoms with van der Waals surface area (Å²) in [4.78, 5) is 17.0. The van der Waals surface area contributed by atoms with Crippen molar-refractivity contribution < 1.29 is 4.42 Å². The third kappa shape index (κ3) is 5.83. The average molecular weight is 930 g/mol. The highest BCUT2D eigenvalue weighted by molar-refractivity contribution is 6.28. The molecule has 16 rings (SSSR count). The number of hydrogen-bond donors (Lipinski definition) is 0. The Morgan fingerprint density at radius 1 is 0.315 bits per heavy atom. The molecule has 0 fully saturated rings. The van der Waals surface area contributed by atoms with Crippen LogP contribution >= 0.6 is 0 Å². The standard InChI is InChI=1S/C67H39N5O/c1-2-22-46(23-3-1)71-54-30-14-12-27-50(54)60-52(29-16-31-55(60)71)66-68-65(45-34-33-40-17-4-5-19-42(40)37-45)69-67(70-66)62-48-25-10-11-26-49(48)64-61(51-28-13-15-32-58(51)73-64)63(62)72-56-36-35-41-18-8-9-24-47(41)59(56)53-38-43-20-6-7-21-44(43)39-57(53)72/h1-39H. The van der Waals surface area contributed by atoms with Crippen LogP contribution in [0.3, 0.4) is 0 Å². The topological polar surface area (TPSA) is 61.7 Å². The van der Waals surface area contributed by atoms with E-state index in [0.29, 0.717) is 17.5 Å². The number of nitrogens with zero attached hydrogens (tertiary/aromatic N) is 5. The molecule has 338 valence electrons. The van der Waals surface area contributed by atoms with Crippen molar-refractivity contribution in [3.63, 3.8) is 0 Å². The molecule has 73 heavy (non-hydrogen) atoms. The molecule has 0 spiro atoms. The van der Waals surface area contributed by atoms with Crippen molar-refractivity contribution in [3.8, 4) is 45.5 Å². The number of furan rings is 1. The number of rotatable bonds is 5. The van der Waals surface area contributed by atoms with Crippen molar-refractivity contribution in [3.05, 3.63) is 237 Å². The zero-order chi connectivity index (χ0) is 47.7. The Morgan fingerprint density at radius 3 is 1.75 bits per heavy atom. The monoisotopic (exact) mass is 929 g/mol. The summed E-state index contributed by atoms with van der Waals surface area (Å²) in [6.45, 7) is 0. The quantitative estimate of drug-likeness (QED) is 0.173. The SMILES string of the molecule is c1ccc(-n2c3ccccc3c3c(-c4nc(-c5ccc6ccccc6c5)nc(-c5c(-n6c7cc8ccccc8cc7c7c8ccccc8ccc76)c6c7ccccc7oc6c6ccccc56)n4)cccc32)cc1. The third-order valence-corrected chi connectivity index (χ3v) is 15.1. The fraction of sp³-hybridized carbons (Fsp3) is 0. The molecule has 0 bridgehead atoms. The van der Waals surface area contributed by atoms with E-state index < -0.39 is 0 Å². The van der Waals surface area contributed by atoms with Crippen LogP contribution in [-0.2, 0) is 0 Å². The number of para-hydroxylation sites is 3. The molecule has 6 nitrogen and oxygen atoms in total. The highest BCUT2D eigenvalue weighted by atomic mass is 16.3. The van der Waals surface area contributed by atoms with Crippen LogP contribution in [0.25, 0.3) is 154 Å². The van der Waals surface area contributed by atoms with E-state index in [2.05, 4.69) is 246 Å². The lowest BCUT2D eigenvalue weighted by atomic mass is 9.96. The van der Waals surface area contributed by atoms with Gasteiger partial charge in [-0.2, -0.15) is 0 Å². The van der Waals surface area contributed by atoms with Crippen LogP contribution in [0.5, 0.6) is 0 Å². The summed E-state index contributed by atoms with van der Waals surface area (Å²) in [6, 6.07) is 84.4. The molecule has 0 radical (unpaired) electrons. The van der Waals surface area contributed by atoms with Gasteiger partial charge < -0.3 is 13.6 Å². The predicted molar refractivity (Wildman–Crippen MR) is 302 cm³/mol. The largest absolute Gasteiger partial charge is 0.455 e. The lowest BCUT2D eigenvalue weighted by Crippen LogP contribution is -2.05. The Bertz CT molecular complexity index is 4980. The Hall–Kier alpha value is -9.91. The molecule has 0 atom stereocenters. The molecular weight excluding hydrogens is 891 g/mol. The Balaban J connectivity index is 1.10. The summed E-state index contributed by atoms with van der Waals surface area (Å²) in [5.74, 6) is 1.73.